The van der Waals surface area contributed by atoms with Crippen LogP contribution in [0, 0.1) is 24.7 Å². The number of hydrogen-bond acceptors (Lipinski definition) is 7. The Labute approximate surface area is 215 Å². The first-order valence-corrected chi connectivity index (χ1v) is 12.1. The van der Waals surface area contributed by atoms with Gasteiger partial charge in [-0.2, -0.15) is 0 Å². The van der Waals surface area contributed by atoms with E-state index in [0.29, 0.717) is 28.8 Å². The van der Waals surface area contributed by atoms with Gasteiger partial charge in [-0.1, -0.05) is 18.1 Å². The van der Waals surface area contributed by atoms with Gasteiger partial charge in [-0.05, 0) is 49.4 Å². The summed E-state index contributed by atoms with van der Waals surface area (Å²) in [5, 5.41) is 0.737. The number of aromatic nitrogens is 4. The molecule has 0 unspecified atom stereocenters. The first-order chi connectivity index (χ1) is 18.0. The minimum absolute atomic E-state index is 0.206. The smallest absolute Gasteiger partial charge is 0.219 e. The van der Waals surface area contributed by atoms with Gasteiger partial charge in [-0.15, -0.1) is 0 Å². The van der Waals surface area contributed by atoms with Gasteiger partial charge in [0.1, 0.15) is 23.5 Å². The Morgan fingerprint density at radius 3 is 2.68 bits per heavy atom. The summed E-state index contributed by atoms with van der Waals surface area (Å²) in [4.78, 5) is 26.0. The second-order valence-electron chi connectivity index (χ2n) is 9.01. The lowest BCUT2D eigenvalue weighted by molar-refractivity contribution is -0.119. The lowest BCUT2D eigenvalue weighted by atomic mass is 9.97. The van der Waals surface area contributed by atoms with E-state index in [4.69, 9.17) is 15.2 Å². The molecule has 0 spiro atoms. The average Bonchev–Trinajstić information content (AvgIpc) is 3.20. The van der Waals surface area contributed by atoms with Crippen molar-refractivity contribution in [2.45, 2.75) is 19.8 Å². The lowest BCUT2D eigenvalue weighted by Gasteiger charge is -2.26. The number of likely N-dealkylation sites (tertiary alicyclic amines) is 1. The first-order valence-electron chi connectivity index (χ1n) is 12.1. The molecule has 0 radical (unpaired) electrons. The summed E-state index contributed by atoms with van der Waals surface area (Å²) in [6.45, 7) is 3.35. The molecule has 9 nitrogen and oxygen atoms in total. The number of piperidine rings is 1. The van der Waals surface area contributed by atoms with Gasteiger partial charge in [0.2, 0.25) is 12.3 Å². The van der Waals surface area contributed by atoms with Crippen LogP contribution in [0.1, 0.15) is 24.2 Å². The molecular formula is C28H28N6O3. The number of amides is 1. The molecule has 1 aliphatic heterocycles. The van der Waals surface area contributed by atoms with E-state index in [-0.39, 0.29) is 5.92 Å². The number of nitrogens with zero attached hydrogens (tertiary/aromatic N) is 5. The van der Waals surface area contributed by atoms with Gasteiger partial charge in [-0.3, -0.25) is 4.79 Å². The molecule has 3 aromatic heterocycles. The number of fused-ring (bicyclic) bond motifs is 1. The average molecular weight is 497 g/mol. The van der Waals surface area contributed by atoms with Crippen molar-refractivity contribution in [1.82, 2.24) is 24.4 Å². The molecule has 2 N–H and O–H groups in total. The standard InChI is InChI=1S/C28H28N6O3/c1-18-5-4-6-24(32-18)37-22-10-8-20(15-23(22)36-3)25-21(9-7-19-11-13-34(17-35)14-12-19)33(2)28-26(25)27(29)30-16-31-28/h4-6,8,10,15-17,19H,11-14H2,1-3H3,(H2,29,30,31). The molecule has 0 aliphatic carbocycles. The molecule has 1 saturated heterocycles. The maximum atomic E-state index is 11.1. The maximum Gasteiger partial charge on any atom is 0.219 e. The third-order valence-corrected chi connectivity index (χ3v) is 6.60. The topological polar surface area (TPSA) is 108 Å². The third kappa shape index (κ3) is 4.78. The number of benzene rings is 1. The number of methoxy groups -OCH3 is 1. The number of pyridine rings is 1. The highest BCUT2D eigenvalue weighted by Gasteiger charge is 2.22. The summed E-state index contributed by atoms with van der Waals surface area (Å²) >= 11 is 0. The Balaban J connectivity index is 1.58. The van der Waals surface area contributed by atoms with Crippen LogP contribution < -0.4 is 15.2 Å². The summed E-state index contributed by atoms with van der Waals surface area (Å²) in [7, 11) is 3.53. The van der Waals surface area contributed by atoms with E-state index in [0.717, 1.165) is 60.2 Å². The van der Waals surface area contributed by atoms with E-state index < -0.39 is 0 Å². The van der Waals surface area contributed by atoms with Crippen molar-refractivity contribution in [2.24, 2.45) is 13.0 Å². The Bertz CT molecular complexity index is 1530. The zero-order chi connectivity index (χ0) is 25.9. The lowest BCUT2D eigenvalue weighted by Crippen LogP contribution is -2.31. The molecule has 1 aliphatic rings. The minimum Gasteiger partial charge on any atom is -0.493 e. The Hall–Kier alpha value is -4.58. The molecule has 188 valence electrons. The first kappa shape index (κ1) is 24.1. The molecule has 0 atom stereocenters. The van der Waals surface area contributed by atoms with Gasteiger partial charge in [0.25, 0.3) is 0 Å². The largest absolute Gasteiger partial charge is 0.493 e. The second kappa shape index (κ2) is 10.2. The predicted molar refractivity (Wildman–Crippen MR) is 141 cm³/mol. The summed E-state index contributed by atoms with van der Waals surface area (Å²) in [5.41, 5.74) is 10.4. The van der Waals surface area contributed by atoms with Crippen LogP contribution in [0.4, 0.5) is 5.82 Å². The van der Waals surface area contributed by atoms with Gasteiger partial charge in [0.15, 0.2) is 11.5 Å². The third-order valence-electron chi connectivity index (χ3n) is 6.60. The Morgan fingerprint density at radius 2 is 1.95 bits per heavy atom. The number of hydrogen-bond donors (Lipinski definition) is 1. The van der Waals surface area contributed by atoms with E-state index in [1.54, 1.807) is 18.1 Å². The zero-order valence-electron chi connectivity index (χ0n) is 21.1. The molecule has 4 heterocycles. The van der Waals surface area contributed by atoms with Crippen LogP contribution in [0.25, 0.3) is 22.2 Å². The van der Waals surface area contributed by atoms with E-state index in [2.05, 4.69) is 26.8 Å². The Morgan fingerprint density at radius 1 is 1.14 bits per heavy atom. The van der Waals surface area contributed by atoms with Crippen LogP contribution in [0.5, 0.6) is 17.4 Å². The molecule has 4 aromatic rings. The minimum atomic E-state index is 0.206. The van der Waals surface area contributed by atoms with Gasteiger partial charge in [-0.25, -0.2) is 15.0 Å². The van der Waals surface area contributed by atoms with E-state index in [1.807, 2.05) is 48.9 Å². The van der Waals surface area contributed by atoms with Crippen molar-refractivity contribution in [3.8, 4) is 40.3 Å². The van der Waals surface area contributed by atoms with E-state index in [9.17, 15) is 4.79 Å². The molecule has 1 fully saturated rings. The highest BCUT2D eigenvalue weighted by atomic mass is 16.5. The fourth-order valence-corrected chi connectivity index (χ4v) is 4.62. The monoisotopic (exact) mass is 496 g/mol. The van der Waals surface area contributed by atoms with Crippen molar-refractivity contribution in [3.05, 3.63) is 54.1 Å². The molecule has 9 heteroatoms. The summed E-state index contributed by atoms with van der Waals surface area (Å²) in [6.07, 6.45) is 4.06. The molecule has 5 rings (SSSR count). The fraction of sp³-hybridized carbons (Fsp3) is 0.286. The van der Waals surface area contributed by atoms with Crippen molar-refractivity contribution < 1.29 is 14.3 Å². The van der Waals surface area contributed by atoms with Gasteiger partial charge in [0.05, 0.1) is 12.5 Å². The predicted octanol–water partition coefficient (Wildman–Crippen LogP) is 3.94. The number of nitrogen functional groups attached to an aromatic ring is 1. The SMILES string of the molecule is COc1cc(-c2c(C#CC3CCN(C=O)CC3)n(C)c3ncnc(N)c23)ccc1Oc1cccc(C)n1. The number of carbonyl (C=O) groups is 1. The molecule has 37 heavy (non-hydrogen) atoms. The van der Waals surface area contributed by atoms with Crippen LogP contribution >= 0.6 is 0 Å². The van der Waals surface area contributed by atoms with Crippen LogP contribution in [0.15, 0.2) is 42.7 Å². The van der Waals surface area contributed by atoms with Gasteiger partial charge < -0.3 is 24.7 Å². The maximum absolute atomic E-state index is 11.1. The molecule has 1 aromatic carbocycles. The number of ether oxygens (including phenoxy) is 2. The van der Waals surface area contributed by atoms with Crippen LogP contribution in [0.3, 0.4) is 0 Å². The molecule has 0 saturated carbocycles. The van der Waals surface area contributed by atoms with Crippen molar-refractivity contribution in [3.63, 3.8) is 0 Å². The number of nitrogens with two attached hydrogens (primary N) is 1. The molecule has 1 amide bonds. The summed E-state index contributed by atoms with van der Waals surface area (Å²) in [5.74, 6) is 8.99. The van der Waals surface area contributed by atoms with Crippen molar-refractivity contribution in [1.29, 1.82) is 0 Å². The van der Waals surface area contributed by atoms with Crippen molar-refractivity contribution in [2.75, 3.05) is 25.9 Å². The van der Waals surface area contributed by atoms with Crippen LogP contribution in [-0.4, -0.2) is 51.0 Å². The molecule has 0 bridgehead atoms. The second-order valence-corrected chi connectivity index (χ2v) is 9.01. The summed E-state index contributed by atoms with van der Waals surface area (Å²) < 4.78 is 13.6. The quantitative estimate of drug-likeness (QED) is 0.329. The van der Waals surface area contributed by atoms with E-state index in [1.165, 1.54) is 6.33 Å². The van der Waals surface area contributed by atoms with Crippen molar-refractivity contribution >= 4 is 23.3 Å². The summed E-state index contributed by atoms with van der Waals surface area (Å²) in [6, 6.07) is 11.3. The number of carbonyl (C=O) groups excluding carboxylic acids is 1. The number of anilines is 1. The normalized spacial score (nSPS) is 13.8. The van der Waals surface area contributed by atoms with Crippen LogP contribution in [0.2, 0.25) is 0 Å². The highest BCUT2D eigenvalue weighted by Crippen LogP contribution is 2.40. The number of aryl methyl sites for hydroxylation is 2. The zero-order valence-corrected chi connectivity index (χ0v) is 21.1. The van der Waals surface area contributed by atoms with Gasteiger partial charge >= 0.3 is 0 Å². The van der Waals surface area contributed by atoms with Gasteiger partial charge in [0, 0.05) is 43.4 Å². The number of rotatable bonds is 5. The Kier molecular flexibility index (Phi) is 6.64. The highest BCUT2D eigenvalue weighted by molar-refractivity contribution is 6.03. The molecular weight excluding hydrogens is 468 g/mol. The van der Waals surface area contributed by atoms with Crippen LogP contribution in [-0.2, 0) is 11.8 Å². The van der Waals surface area contributed by atoms with E-state index >= 15 is 0 Å². The fourth-order valence-electron chi connectivity index (χ4n) is 4.62.